The Morgan fingerprint density at radius 2 is 1.98 bits per heavy atom. The molecule has 1 amide bonds. The highest BCUT2D eigenvalue weighted by Crippen LogP contribution is 2.35. The molecule has 9 nitrogen and oxygen atoms in total. The molecule has 0 saturated carbocycles. The lowest BCUT2D eigenvalue weighted by Gasteiger charge is -2.42. The van der Waals surface area contributed by atoms with Crippen molar-refractivity contribution in [2.24, 2.45) is 0 Å². The van der Waals surface area contributed by atoms with E-state index in [1.165, 1.54) is 28.1 Å². The number of hydrogen-bond acceptors (Lipinski definition) is 8. The molecule has 9 heteroatoms. The van der Waals surface area contributed by atoms with Gasteiger partial charge in [0.15, 0.2) is 5.82 Å². The molecular weight excluding hydrogens is 526 g/mol. The van der Waals surface area contributed by atoms with Crippen LogP contribution in [0.2, 0.25) is 0 Å². The Hall–Kier alpha value is -4.00. The number of aryl methyl sites for hydroxylation is 1. The summed E-state index contributed by atoms with van der Waals surface area (Å²) in [6, 6.07) is 15.0. The molecule has 3 aliphatic rings. The van der Waals surface area contributed by atoms with Crippen LogP contribution in [0.3, 0.4) is 0 Å². The summed E-state index contributed by atoms with van der Waals surface area (Å²) in [5, 5.41) is 12.1. The van der Waals surface area contributed by atoms with Crippen LogP contribution in [0, 0.1) is 18.3 Å². The summed E-state index contributed by atoms with van der Waals surface area (Å²) < 4.78 is 6.30. The molecule has 6 rings (SSSR count). The lowest BCUT2D eigenvalue weighted by molar-refractivity contribution is -0.128. The van der Waals surface area contributed by atoms with Crippen molar-refractivity contribution >= 4 is 28.2 Å². The number of fused-ring (bicyclic) bond motifs is 2. The van der Waals surface area contributed by atoms with Gasteiger partial charge in [-0.1, -0.05) is 36.9 Å². The van der Waals surface area contributed by atoms with Gasteiger partial charge in [-0.25, -0.2) is 9.97 Å². The second kappa shape index (κ2) is 12.1. The molecule has 0 N–H and O–H groups in total. The molecule has 2 saturated heterocycles. The van der Waals surface area contributed by atoms with Crippen molar-refractivity contribution in [3.63, 3.8) is 0 Å². The molecule has 0 aliphatic carbocycles. The Balaban J connectivity index is 1.34. The molecule has 218 valence electrons. The SMILES string of the molecule is C=CC(=O)N1CCN(c2nc(COC3CCCN3C)nc3c2CCN(c2cccc4cccc(C)c24)C3)CC1CC#N. The fraction of sp³-hybridized carbons (Fsp3) is 0.455. The number of carbonyl (C=O) groups excluding carboxylic acids is 1. The number of anilines is 2. The number of aromatic nitrogens is 2. The molecule has 1 aromatic heterocycles. The van der Waals surface area contributed by atoms with E-state index in [1.54, 1.807) is 4.90 Å². The highest BCUT2D eigenvalue weighted by Gasteiger charge is 2.33. The molecule has 4 heterocycles. The van der Waals surface area contributed by atoms with E-state index in [2.05, 4.69) is 77.7 Å². The first-order valence-electron chi connectivity index (χ1n) is 15.0. The predicted octanol–water partition coefficient (Wildman–Crippen LogP) is 4.19. The summed E-state index contributed by atoms with van der Waals surface area (Å²) in [4.78, 5) is 31.4. The topological polar surface area (TPSA) is 88.8 Å². The average molecular weight is 566 g/mol. The minimum absolute atomic E-state index is 0.0803. The maximum absolute atomic E-state index is 12.5. The first kappa shape index (κ1) is 28.1. The van der Waals surface area contributed by atoms with Crippen LogP contribution in [0.25, 0.3) is 10.8 Å². The summed E-state index contributed by atoms with van der Waals surface area (Å²) in [7, 11) is 2.10. The van der Waals surface area contributed by atoms with Crippen molar-refractivity contribution in [1.82, 2.24) is 19.8 Å². The normalized spacial score (nSPS) is 20.9. The average Bonchev–Trinajstić information content (AvgIpc) is 3.43. The Labute approximate surface area is 248 Å². The van der Waals surface area contributed by atoms with E-state index in [0.717, 1.165) is 49.4 Å². The van der Waals surface area contributed by atoms with Gasteiger partial charge in [0.05, 0.1) is 30.8 Å². The smallest absolute Gasteiger partial charge is 0.246 e. The van der Waals surface area contributed by atoms with Crippen LogP contribution in [-0.4, -0.2) is 77.7 Å². The molecule has 2 unspecified atom stereocenters. The largest absolute Gasteiger partial charge is 0.365 e. The Bertz CT molecular complexity index is 1530. The zero-order valence-electron chi connectivity index (χ0n) is 24.6. The van der Waals surface area contributed by atoms with Crippen molar-refractivity contribution in [3.8, 4) is 6.07 Å². The van der Waals surface area contributed by atoms with Crippen molar-refractivity contribution in [3.05, 3.63) is 71.7 Å². The number of benzene rings is 2. The molecule has 42 heavy (non-hydrogen) atoms. The second-order valence-electron chi connectivity index (χ2n) is 11.6. The lowest BCUT2D eigenvalue weighted by Crippen LogP contribution is -2.55. The van der Waals surface area contributed by atoms with Crippen LogP contribution in [0.1, 0.15) is 41.9 Å². The number of hydrogen-bond donors (Lipinski definition) is 0. The maximum Gasteiger partial charge on any atom is 0.246 e. The minimum atomic E-state index is -0.217. The van der Waals surface area contributed by atoms with Crippen molar-refractivity contribution < 1.29 is 9.53 Å². The van der Waals surface area contributed by atoms with Crippen LogP contribution >= 0.6 is 0 Å². The Kier molecular flexibility index (Phi) is 8.09. The number of ether oxygens (including phenoxy) is 1. The molecule has 0 bridgehead atoms. The third-order valence-corrected chi connectivity index (χ3v) is 8.95. The van der Waals surface area contributed by atoms with Crippen molar-refractivity contribution in [2.45, 2.75) is 58.0 Å². The van der Waals surface area contributed by atoms with E-state index in [4.69, 9.17) is 14.7 Å². The van der Waals surface area contributed by atoms with Gasteiger partial charge in [-0.2, -0.15) is 5.26 Å². The number of piperazine rings is 1. The fourth-order valence-corrected chi connectivity index (χ4v) is 6.76. The first-order chi connectivity index (χ1) is 20.5. The number of carbonyl (C=O) groups is 1. The molecule has 0 spiro atoms. The maximum atomic E-state index is 12.5. The number of nitriles is 1. The minimum Gasteiger partial charge on any atom is -0.365 e. The van der Waals surface area contributed by atoms with E-state index in [-0.39, 0.29) is 24.6 Å². The molecule has 2 aromatic carbocycles. The molecule has 3 aromatic rings. The van der Waals surface area contributed by atoms with Gasteiger partial charge in [0.1, 0.15) is 18.7 Å². The third kappa shape index (κ3) is 5.44. The van der Waals surface area contributed by atoms with Crippen LogP contribution < -0.4 is 9.80 Å². The highest BCUT2D eigenvalue weighted by atomic mass is 16.5. The lowest BCUT2D eigenvalue weighted by atomic mass is 9.99. The number of likely N-dealkylation sites (tertiary alicyclic amines) is 1. The van der Waals surface area contributed by atoms with Gasteiger partial charge < -0.3 is 19.4 Å². The first-order valence-corrected chi connectivity index (χ1v) is 15.0. The summed E-state index contributed by atoms with van der Waals surface area (Å²) in [5.41, 5.74) is 4.68. The zero-order valence-corrected chi connectivity index (χ0v) is 24.6. The fourth-order valence-electron chi connectivity index (χ4n) is 6.76. The van der Waals surface area contributed by atoms with Gasteiger partial charge in [-0.05, 0) is 56.3 Å². The van der Waals surface area contributed by atoms with Crippen molar-refractivity contribution in [1.29, 1.82) is 5.26 Å². The summed E-state index contributed by atoms with van der Waals surface area (Å²) in [5.74, 6) is 1.47. The van der Waals surface area contributed by atoms with E-state index in [0.29, 0.717) is 38.6 Å². The van der Waals surface area contributed by atoms with Crippen LogP contribution in [0.4, 0.5) is 11.5 Å². The van der Waals surface area contributed by atoms with Gasteiger partial charge in [-0.15, -0.1) is 0 Å². The van der Waals surface area contributed by atoms with Gasteiger partial charge >= 0.3 is 0 Å². The number of rotatable bonds is 7. The molecular formula is C33H39N7O2. The molecule has 2 atom stereocenters. The summed E-state index contributed by atoms with van der Waals surface area (Å²) in [6.07, 6.45) is 4.64. The second-order valence-corrected chi connectivity index (χ2v) is 11.6. The van der Waals surface area contributed by atoms with E-state index in [1.807, 2.05) is 0 Å². The van der Waals surface area contributed by atoms with Crippen molar-refractivity contribution in [2.75, 3.05) is 49.6 Å². The highest BCUT2D eigenvalue weighted by molar-refractivity contribution is 5.97. The quantitative estimate of drug-likeness (QED) is 0.394. The Morgan fingerprint density at radius 3 is 2.74 bits per heavy atom. The zero-order chi connectivity index (χ0) is 29.2. The van der Waals surface area contributed by atoms with Gasteiger partial charge in [0.25, 0.3) is 0 Å². The van der Waals surface area contributed by atoms with Crippen LogP contribution in [0.15, 0.2) is 49.1 Å². The van der Waals surface area contributed by atoms with E-state index < -0.39 is 0 Å². The van der Waals surface area contributed by atoms with Crippen LogP contribution in [-0.2, 0) is 29.1 Å². The molecule has 2 fully saturated rings. The number of nitrogens with zero attached hydrogens (tertiary/aromatic N) is 7. The number of amides is 1. The van der Waals surface area contributed by atoms with Gasteiger partial charge in [0.2, 0.25) is 5.91 Å². The predicted molar refractivity (Wildman–Crippen MR) is 164 cm³/mol. The summed E-state index contributed by atoms with van der Waals surface area (Å²) >= 11 is 0. The molecule has 0 radical (unpaired) electrons. The monoisotopic (exact) mass is 565 g/mol. The van der Waals surface area contributed by atoms with Crippen LogP contribution in [0.5, 0.6) is 0 Å². The van der Waals surface area contributed by atoms with Gasteiger partial charge in [0, 0.05) is 49.4 Å². The Morgan fingerprint density at radius 1 is 1.14 bits per heavy atom. The standard InChI is InChI=1S/C33H39N7O2/c1-4-30(41)40-19-18-39(20-25(40)13-15-34)33-26-14-17-38(28-11-6-10-24-9-5-8-23(2)32(24)28)21-27(26)35-29(36-33)22-42-31-12-7-16-37(31)3/h4-6,8-11,25,31H,1,7,12-14,16-22H2,2-3H3. The van der Waals surface area contributed by atoms with Gasteiger partial charge in [-0.3, -0.25) is 9.69 Å². The third-order valence-electron chi connectivity index (χ3n) is 8.95. The van der Waals surface area contributed by atoms with E-state index in [9.17, 15) is 10.1 Å². The summed E-state index contributed by atoms with van der Waals surface area (Å²) in [6.45, 7) is 10.5. The molecule has 3 aliphatic heterocycles. The van der Waals surface area contributed by atoms with E-state index >= 15 is 0 Å².